The van der Waals surface area contributed by atoms with E-state index in [-0.39, 0.29) is 12.1 Å². The minimum atomic E-state index is -0.409. The number of amides is 1. The standard InChI is InChI=1S/C10H17N3O2/c1-4-8(9-11-5-6-12-9)13-10(14)15-7(2)3/h5-8H,4H2,1-3H3,(H,11,12)(H,13,14). The second-order valence-electron chi connectivity index (χ2n) is 3.53. The van der Waals surface area contributed by atoms with Crippen LogP contribution in [0.5, 0.6) is 0 Å². The summed E-state index contributed by atoms with van der Waals surface area (Å²) >= 11 is 0. The summed E-state index contributed by atoms with van der Waals surface area (Å²) in [7, 11) is 0. The topological polar surface area (TPSA) is 67.0 Å². The van der Waals surface area contributed by atoms with Crippen LogP contribution in [-0.2, 0) is 4.74 Å². The molecule has 0 bridgehead atoms. The third kappa shape index (κ3) is 3.61. The van der Waals surface area contributed by atoms with Crippen LogP contribution in [0.4, 0.5) is 4.79 Å². The van der Waals surface area contributed by atoms with Gasteiger partial charge >= 0.3 is 6.09 Å². The monoisotopic (exact) mass is 211 g/mol. The highest BCUT2D eigenvalue weighted by Crippen LogP contribution is 2.11. The van der Waals surface area contributed by atoms with Crippen molar-refractivity contribution in [3.05, 3.63) is 18.2 Å². The summed E-state index contributed by atoms with van der Waals surface area (Å²) in [5.74, 6) is 0.748. The van der Waals surface area contributed by atoms with E-state index in [9.17, 15) is 4.79 Å². The number of ether oxygens (including phenoxy) is 1. The first-order valence-electron chi connectivity index (χ1n) is 5.10. The largest absolute Gasteiger partial charge is 0.447 e. The zero-order chi connectivity index (χ0) is 11.3. The molecule has 2 N–H and O–H groups in total. The van der Waals surface area contributed by atoms with Crippen molar-refractivity contribution in [2.75, 3.05) is 0 Å². The Morgan fingerprint density at radius 3 is 2.87 bits per heavy atom. The first kappa shape index (κ1) is 11.6. The number of imidazole rings is 1. The lowest BCUT2D eigenvalue weighted by Crippen LogP contribution is -2.31. The maximum atomic E-state index is 11.3. The van der Waals surface area contributed by atoms with E-state index in [2.05, 4.69) is 15.3 Å². The number of alkyl carbamates (subject to hydrolysis) is 1. The van der Waals surface area contributed by atoms with E-state index in [1.54, 1.807) is 12.4 Å². The van der Waals surface area contributed by atoms with Crippen LogP contribution in [0.3, 0.4) is 0 Å². The molecule has 0 aromatic carbocycles. The molecule has 5 nitrogen and oxygen atoms in total. The van der Waals surface area contributed by atoms with Crippen molar-refractivity contribution in [3.8, 4) is 0 Å². The first-order chi connectivity index (χ1) is 7.13. The quantitative estimate of drug-likeness (QED) is 0.800. The smallest absolute Gasteiger partial charge is 0.407 e. The maximum Gasteiger partial charge on any atom is 0.407 e. The van der Waals surface area contributed by atoms with Crippen molar-refractivity contribution in [3.63, 3.8) is 0 Å². The molecular formula is C10H17N3O2. The zero-order valence-corrected chi connectivity index (χ0v) is 9.28. The van der Waals surface area contributed by atoms with Gasteiger partial charge in [-0.05, 0) is 20.3 Å². The molecule has 1 amide bonds. The highest BCUT2D eigenvalue weighted by molar-refractivity contribution is 5.67. The summed E-state index contributed by atoms with van der Waals surface area (Å²) in [5, 5.41) is 2.75. The Bertz CT molecular complexity index is 296. The molecule has 1 aromatic rings. The predicted octanol–water partition coefficient (Wildman–Crippen LogP) is 2.00. The number of nitrogens with one attached hydrogen (secondary N) is 2. The second kappa shape index (κ2) is 5.38. The fourth-order valence-corrected chi connectivity index (χ4v) is 1.22. The molecule has 0 aliphatic rings. The number of hydrogen-bond acceptors (Lipinski definition) is 3. The van der Waals surface area contributed by atoms with Gasteiger partial charge < -0.3 is 15.0 Å². The molecular weight excluding hydrogens is 194 g/mol. The van der Waals surface area contributed by atoms with E-state index in [4.69, 9.17) is 4.74 Å². The molecule has 1 rings (SSSR count). The summed E-state index contributed by atoms with van der Waals surface area (Å²) in [5.41, 5.74) is 0. The zero-order valence-electron chi connectivity index (χ0n) is 9.28. The Kier molecular flexibility index (Phi) is 4.15. The molecule has 1 aromatic heterocycles. The average molecular weight is 211 g/mol. The Morgan fingerprint density at radius 2 is 2.40 bits per heavy atom. The summed E-state index contributed by atoms with van der Waals surface area (Å²) in [6.07, 6.45) is 3.63. The van der Waals surface area contributed by atoms with Crippen LogP contribution >= 0.6 is 0 Å². The normalized spacial score (nSPS) is 12.5. The Labute approximate surface area is 89.2 Å². The molecule has 1 unspecified atom stereocenters. The molecule has 0 saturated heterocycles. The van der Waals surface area contributed by atoms with Crippen LogP contribution in [0, 0.1) is 0 Å². The molecule has 0 aliphatic carbocycles. The average Bonchev–Trinajstić information content (AvgIpc) is 2.65. The molecule has 0 aliphatic heterocycles. The Balaban J connectivity index is 2.51. The maximum absolute atomic E-state index is 11.3. The minimum absolute atomic E-state index is 0.112. The third-order valence-corrected chi connectivity index (χ3v) is 1.89. The van der Waals surface area contributed by atoms with Crippen LogP contribution in [0.15, 0.2) is 12.4 Å². The lowest BCUT2D eigenvalue weighted by Gasteiger charge is -2.15. The minimum Gasteiger partial charge on any atom is -0.447 e. The molecule has 5 heteroatoms. The Hall–Kier alpha value is -1.52. The summed E-state index contributed by atoms with van der Waals surface area (Å²) in [4.78, 5) is 18.4. The highest BCUT2D eigenvalue weighted by atomic mass is 16.6. The van der Waals surface area contributed by atoms with Crippen molar-refractivity contribution < 1.29 is 9.53 Å². The van der Waals surface area contributed by atoms with E-state index in [0.29, 0.717) is 0 Å². The van der Waals surface area contributed by atoms with Crippen molar-refractivity contribution >= 4 is 6.09 Å². The van der Waals surface area contributed by atoms with Gasteiger partial charge in [0.2, 0.25) is 0 Å². The molecule has 0 fully saturated rings. The number of H-pyrrole nitrogens is 1. The number of hydrogen-bond donors (Lipinski definition) is 2. The molecule has 15 heavy (non-hydrogen) atoms. The van der Waals surface area contributed by atoms with E-state index in [1.165, 1.54) is 0 Å². The van der Waals surface area contributed by atoms with Gasteiger partial charge in [-0.2, -0.15) is 0 Å². The van der Waals surface area contributed by atoms with Gasteiger partial charge in [-0.1, -0.05) is 6.92 Å². The van der Waals surface area contributed by atoms with Gasteiger partial charge in [0.15, 0.2) is 0 Å². The van der Waals surface area contributed by atoms with Gasteiger partial charge in [-0.3, -0.25) is 0 Å². The summed E-state index contributed by atoms with van der Waals surface area (Å²) < 4.78 is 4.99. The van der Waals surface area contributed by atoms with Crippen molar-refractivity contribution in [1.29, 1.82) is 0 Å². The van der Waals surface area contributed by atoms with E-state index in [1.807, 2.05) is 20.8 Å². The van der Waals surface area contributed by atoms with Gasteiger partial charge in [-0.15, -0.1) is 0 Å². The van der Waals surface area contributed by atoms with E-state index < -0.39 is 6.09 Å². The van der Waals surface area contributed by atoms with Crippen molar-refractivity contribution in [1.82, 2.24) is 15.3 Å². The van der Waals surface area contributed by atoms with Crippen LogP contribution in [-0.4, -0.2) is 22.2 Å². The number of carbonyl (C=O) groups excluding carboxylic acids is 1. The van der Waals surface area contributed by atoms with E-state index >= 15 is 0 Å². The molecule has 0 saturated carbocycles. The molecule has 84 valence electrons. The van der Waals surface area contributed by atoms with Crippen LogP contribution in [0.2, 0.25) is 0 Å². The lowest BCUT2D eigenvalue weighted by molar-refractivity contribution is 0.111. The van der Waals surface area contributed by atoms with Gasteiger partial charge in [0.25, 0.3) is 0 Å². The molecule has 0 radical (unpaired) electrons. The lowest BCUT2D eigenvalue weighted by atomic mass is 10.2. The summed E-state index contributed by atoms with van der Waals surface area (Å²) in [6.45, 7) is 5.60. The third-order valence-electron chi connectivity index (χ3n) is 1.89. The highest BCUT2D eigenvalue weighted by Gasteiger charge is 2.15. The van der Waals surface area contributed by atoms with Crippen LogP contribution < -0.4 is 5.32 Å². The number of aromatic amines is 1. The fraction of sp³-hybridized carbons (Fsp3) is 0.600. The number of aromatic nitrogens is 2. The van der Waals surface area contributed by atoms with Gasteiger partial charge in [0, 0.05) is 12.4 Å². The molecule has 1 heterocycles. The summed E-state index contributed by atoms with van der Waals surface area (Å²) in [6, 6.07) is -0.119. The van der Waals surface area contributed by atoms with Crippen molar-refractivity contribution in [2.45, 2.75) is 39.3 Å². The SMILES string of the molecule is CCC(NC(=O)OC(C)C)c1ncc[nH]1. The number of rotatable bonds is 4. The van der Waals surface area contributed by atoms with E-state index in [0.717, 1.165) is 12.2 Å². The van der Waals surface area contributed by atoms with Gasteiger partial charge in [-0.25, -0.2) is 9.78 Å². The molecule has 1 atom stereocenters. The first-order valence-corrected chi connectivity index (χ1v) is 5.10. The number of nitrogens with zero attached hydrogens (tertiary/aromatic N) is 1. The van der Waals surface area contributed by atoms with Gasteiger partial charge in [0.05, 0.1) is 12.1 Å². The van der Waals surface area contributed by atoms with Gasteiger partial charge in [0.1, 0.15) is 5.82 Å². The number of carbonyl (C=O) groups is 1. The van der Waals surface area contributed by atoms with Crippen LogP contribution in [0.25, 0.3) is 0 Å². The Morgan fingerprint density at radius 1 is 1.67 bits per heavy atom. The fourth-order valence-electron chi connectivity index (χ4n) is 1.22. The predicted molar refractivity (Wildman–Crippen MR) is 56.4 cm³/mol. The van der Waals surface area contributed by atoms with Crippen LogP contribution in [0.1, 0.15) is 39.1 Å². The molecule has 0 spiro atoms. The second-order valence-corrected chi connectivity index (χ2v) is 3.53. The van der Waals surface area contributed by atoms with Crippen molar-refractivity contribution in [2.24, 2.45) is 0 Å².